The van der Waals surface area contributed by atoms with Gasteiger partial charge in [-0.3, -0.25) is 0 Å². The van der Waals surface area contributed by atoms with Crippen LogP contribution in [0.25, 0.3) is 6.08 Å². The maximum absolute atomic E-state index is 10.6. The molecule has 1 N–H and O–H groups in total. The predicted molar refractivity (Wildman–Crippen MR) is 86.8 cm³/mol. The largest absolute Gasteiger partial charge is 0.386 e. The van der Waals surface area contributed by atoms with E-state index in [0.717, 1.165) is 21.3 Å². The van der Waals surface area contributed by atoms with Gasteiger partial charge in [0.25, 0.3) is 0 Å². The third-order valence-electron chi connectivity index (χ3n) is 3.79. The SMILES string of the molecule is CN(c1ccc(Br)cc1)[C@@H]1C=Cc2ccccc2[C@H]1O. The Kier molecular flexibility index (Phi) is 3.64. The van der Waals surface area contributed by atoms with Crippen LogP contribution in [0.3, 0.4) is 0 Å². The zero-order valence-electron chi connectivity index (χ0n) is 11.2. The van der Waals surface area contributed by atoms with Crippen molar-refractivity contribution in [2.45, 2.75) is 12.1 Å². The molecule has 0 aliphatic heterocycles. The van der Waals surface area contributed by atoms with Crippen LogP contribution in [0.1, 0.15) is 17.2 Å². The molecule has 2 nitrogen and oxygen atoms in total. The number of hydrogen-bond donors (Lipinski definition) is 1. The van der Waals surface area contributed by atoms with Gasteiger partial charge in [0, 0.05) is 17.2 Å². The van der Waals surface area contributed by atoms with Crippen LogP contribution in [0.2, 0.25) is 0 Å². The highest BCUT2D eigenvalue weighted by atomic mass is 79.9. The fraction of sp³-hybridized carbons (Fsp3) is 0.176. The highest BCUT2D eigenvalue weighted by Gasteiger charge is 2.27. The maximum Gasteiger partial charge on any atom is 0.103 e. The minimum absolute atomic E-state index is 0.0499. The number of rotatable bonds is 2. The third-order valence-corrected chi connectivity index (χ3v) is 4.32. The molecule has 0 bridgehead atoms. The van der Waals surface area contributed by atoms with E-state index < -0.39 is 6.10 Å². The van der Waals surface area contributed by atoms with Crippen LogP contribution in [-0.2, 0) is 0 Å². The van der Waals surface area contributed by atoms with Crippen molar-refractivity contribution in [2.75, 3.05) is 11.9 Å². The van der Waals surface area contributed by atoms with Gasteiger partial charge >= 0.3 is 0 Å². The molecular weight excluding hydrogens is 314 g/mol. The molecule has 0 fully saturated rings. The molecule has 2 atom stereocenters. The molecule has 0 radical (unpaired) electrons. The first-order valence-electron chi connectivity index (χ1n) is 6.60. The zero-order chi connectivity index (χ0) is 14.1. The van der Waals surface area contributed by atoms with Crippen molar-refractivity contribution in [3.63, 3.8) is 0 Å². The Morgan fingerprint density at radius 1 is 1.05 bits per heavy atom. The highest BCUT2D eigenvalue weighted by molar-refractivity contribution is 9.10. The molecule has 0 heterocycles. The van der Waals surface area contributed by atoms with E-state index in [4.69, 9.17) is 0 Å². The summed E-state index contributed by atoms with van der Waals surface area (Å²) in [6.07, 6.45) is 3.64. The molecule has 3 heteroatoms. The first kappa shape index (κ1) is 13.4. The molecule has 1 aliphatic rings. The lowest BCUT2D eigenvalue weighted by molar-refractivity contribution is 0.159. The second-order valence-electron chi connectivity index (χ2n) is 5.01. The molecule has 0 unspecified atom stereocenters. The Hall–Kier alpha value is -1.58. The van der Waals surface area contributed by atoms with Crippen LogP contribution in [0.5, 0.6) is 0 Å². The van der Waals surface area contributed by atoms with Gasteiger partial charge in [0.15, 0.2) is 0 Å². The zero-order valence-corrected chi connectivity index (χ0v) is 12.8. The number of benzene rings is 2. The Bertz CT molecular complexity index is 636. The summed E-state index contributed by atoms with van der Waals surface area (Å²) < 4.78 is 1.06. The quantitative estimate of drug-likeness (QED) is 0.899. The van der Waals surface area contributed by atoms with E-state index >= 15 is 0 Å². The summed E-state index contributed by atoms with van der Waals surface area (Å²) in [5.41, 5.74) is 3.17. The van der Waals surface area contributed by atoms with Crippen LogP contribution in [0, 0.1) is 0 Å². The fourth-order valence-electron chi connectivity index (χ4n) is 2.61. The van der Waals surface area contributed by atoms with Crippen LogP contribution < -0.4 is 4.90 Å². The predicted octanol–water partition coefficient (Wildman–Crippen LogP) is 4.01. The van der Waals surface area contributed by atoms with Crippen LogP contribution in [-0.4, -0.2) is 18.2 Å². The van der Waals surface area contributed by atoms with Crippen molar-refractivity contribution in [1.82, 2.24) is 0 Å². The number of nitrogens with zero attached hydrogens (tertiary/aromatic N) is 1. The average molecular weight is 330 g/mol. The molecule has 0 aromatic heterocycles. The summed E-state index contributed by atoms with van der Waals surface area (Å²) in [4.78, 5) is 2.10. The number of aliphatic hydroxyl groups is 1. The topological polar surface area (TPSA) is 23.5 Å². The van der Waals surface area contributed by atoms with Crippen LogP contribution in [0.15, 0.2) is 59.1 Å². The Balaban J connectivity index is 1.90. The smallest absolute Gasteiger partial charge is 0.103 e. The van der Waals surface area contributed by atoms with Crippen molar-refractivity contribution in [2.24, 2.45) is 0 Å². The number of likely N-dealkylation sites (N-methyl/N-ethyl adjacent to an activating group) is 1. The summed E-state index contributed by atoms with van der Waals surface area (Å²) >= 11 is 3.44. The lowest BCUT2D eigenvalue weighted by atomic mass is 9.90. The first-order valence-corrected chi connectivity index (χ1v) is 7.40. The number of halogens is 1. The molecule has 20 heavy (non-hydrogen) atoms. The molecule has 3 rings (SSSR count). The van der Waals surface area contributed by atoms with E-state index in [1.54, 1.807) is 0 Å². The normalized spacial score (nSPS) is 20.6. The second kappa shape index (κ2) is 5.43. The number of fused-ring (bicyclic) bond motifs is 1. The summed E-state index contributed by atoms with van der Waals surface area (Å²) in [5, 5.41) is 10.6. The number of anilines is 1. The fourth-order valence-corrected chi connectivity index (χ4v) is 2.88. The monoisotopic (exact) mass is 329 g/mol. The molecule has 2 aromatic rings. The van der Waals surface area contributed by atoms with Gasteiger partial charge in [-0.1, -0.05) is 52.3 Å². The summed E-state index contributed by atoms with van der Waals surface area (Å²) in [6.45, 7) is 0. The van der Waals surface area contributed by atoms with Crippen molar-refractivity contribution < 1.29 is 5.11 Å². The van der Waals surface area contributed by atoms with E-state index in [2.05, 4.69) is 33.0 Å². The van der Waals surface area contributed by atoms with Gasteiger partial charge in [-0.2, -0.15) is 0 Å². The molecule has 0 saturated carbocycles. The van der Waals surface area contributed by atoms with Gasteiger partial charge < -0.3 is 10.0 Å². The van der Waals surface area contributed by atoms with Gasteiger partial charge in [0.05, 0.1) is 6.04 Å². The molecule has 0 amide bonds. The lowest BCUT2D eigenvalue weighted by Crippen LogP contribution is -2.36. The van der Waals surface area contributed by atoms with Crippen molar-refractivity contribution >= 4 is 27.7 Å². The van der Waals surface area contributed by atoms with E-state index in [0.29, 0.717) is 0 Å². The van der Waals surface area contributed by atoms with E-state index in [-0.39, 0.29) is 6.04 Å². The Labute approximate surface area is 127 Å². The third kappa shape index (κ3) is 2.39. The van der Waals surface area contributed by atoms with Crippen molar-refractivity contribution in [3.05, 3.63) is 70.2 Å². The molecule has 0 spiro atoms. The van der Waals surface area contributed by atoms with Crippen LogP contribution in [0.4, 0.5) is 5.69 Å². The van der Waals surface area contributed by atoms with E-state index in [9.17, 15) is 5.11 Å². The van der Waals surface area contributed by atoms with Crippen molar-refractivity contribution in [3.8, 4) is 0 Å². The lowest BCUT2D eigenvalue weighted by Gasteiger charge is -2.34. The minimum atomic E-state index is -0.509. The first-order chi connectivity index (χ1) is 9.66. The van der Waals surface area contributed by atoms with Gasteiger partial charge in [-0.25, -0.2) is 0 Å². The van der Waals surface area contributed by atoms with Gasteiger partial charge in [-0.15, -0.1) is 0 Å². The van der Waals surface area contributed by atoms with Crippen molar-refractivity contribution in [1.29, 1.82) is 0 Å². The second-order valence-corrected chi connectivity index (χ2v) is 5.93. The Morgan fingerprint density at radius 3 is 2.50 bits per heavy atom. The molecule has 1 aliphatic carbocycles. The van der Waals surface area contributed by atoms with E-state index in [1.165, 1.54) is 0 Å². The Morgan fingerprint density at radius 2 is 1.75 bits per heavy atom. The molecular formula is C17H16BrNO. The summed E-state index contributed by atoms with van der Waals surface area (Å²) in [5.74, 6) is 0. The minimum Gasteiger partial charge on any atom is -0.386 e. The summed E-state index contributed by atoms with van der Waals surface area (Å²) in [7, 11) is 2.01. The number of aliphatic hydroxyl groups excluding tert-OH is 1. The van der Waals surface area contributed by atoms with Gasteiger partial charge in [-0.05, 0) is 35.4 Å². The molecule has 0 saturated heterocycles. The highest BCUT2D eigenvalue weighted by Crippen LogP contribution is 2.32. The molecule has 102 valence electrons. The van der Waals surface area contributed by atoms with Crippen LogP contribution >= 0.6 is 15.9 Å². The van der Waals surface area contributed by atoms with Gasteiger partial charge in [0.1, 0.15) is 6.10 Å². The number of hydrogen-bond acceptors (Lipinski definition) is 2. The summed E-state index contributed by atoms with van der Waals surface area (Å²) in [6, 6.07) is 16.1. The average Bonchev–Trinajstić information content (AvgIpc) is 2.48. The maximum atomic E-state index is 10.6. The van der Waals surface area contributed by atoms with Gasteiger partial charge in [0.2, 0.25) is 0 Å². The molecule has 2 aromatic carbocycles. The standard InChI is InChI=1S/C17H16BrNO/c1-19(14-9-7-13(18)8-10-14)16-11-6-12-4-2-3-5-15(12)17(16)20/h2-11,16-17,20H,1H3/t16-,17-/m1/s1. The van der Waals surface area contributed by atoms with E-state index in [1.807, 2.05) is 55.6 Å².